The van der Waals surface area contributed by atoms with Crippen LogP contribution in [-0.4, -0.2) is 47.8 Å². The fraction of sp³-hybridized carbons (Fsp3) is 0.242. The quantitative estimate of drug-likeness (QED) is 0.142. The number of allylic oxidation sites excluding steroid dienone is 2. The SMILES string of the molecule is COC(=O)CCC1=C(C)C(c2cccs2)=[N+]2C1=C(c1ccccc1)c1c(CCC(=O)OC)c(C)c(-c3cccs3)n1[B-]2(F)F. The summed E-state index contributed by atoms with van der Waals surface area (Å²) in [5.41, 5.74) is 5.87. The summed E-state index contributed by atoms with van der Waals surface area (Å²) < 4.78 is 47.7. The molecule has 0 unspecified atom stereocenters. The molecule has 1 aromatic carbocycles. The Morgan fingerprint density at radius 2 is 1.45 bits per heavy atom. The van der Waals surface area contributed by atoms with E-state index in [9.17, 15) is 9.59 Å². The first-order chi connectivity index (χ1) is 21.2. The smallest absolute Gasteiger partial charge is 0.469 e. The highest BCUT2D eigenvalue weighted by Crippen LogP contribution is 2.51. The van der Waals surface area contributed by atoms with Gasteiger partial charge in [-0.3, -0.25) is 9.59 Å². The van der Waals surface area contributed by atoms with E-state index in [1.54, 1.807) is 0 Å². The van der Waals surface area contributed by atoms with Gasteiger partial charge in [0.2, 0.25) is 0 Å². The third-order valence-corrected chi connectivity index (χ3v) is 10.2. The van der Waals surface area contributed by atoms with Crippen LogP contribution in [0.3, 0.4) is 0 Å². The van der Waals surface area contributed by atoms with Gasteiger partial charge in [-0.05, 0) is 66.3 Å². The lowest BCUT2D eigenvalue weighted by atomic mass is 9.82. The summed E-state index contributed by atoms with van der Waals surface area (Å²) in [7, 11) is 2.66. The van der Waals surface area contributed by atoms with Gasteiger partial charge in [0.15, 0.2) is 11.4 Å². The van der Waals surface area contributed by atoms with Crippen molar-refractivity contribution in [2.45, 2.75) is 39.5 Å². The predicted molar refractivity (Wildman–Crippen MR) is 171 cm³/mol. The third-order valence-electron chi connectivity index (χ3n) is 8.43. The van der Waals surface area contributed by atoms with Crippen molar-refractivity contribution in [3.05, 3.63) is 109 Å². The second-order valence-corrected chi connectivity index (χ2v) is 12.7. The number of aromatic nitrogens is 1. The van der Waals surface area contributed by atoms with Crippen molar-refractivity contribution in [2.24, 2.45) is 0 Å². The molecular weight excluding hydrogens is 601 g/mol. The maximum Gasteiger partial charge on any atom is 0.738 e. The monoisotopic (exact) mass is 632 g/mol. The van der Waals surface area contributed by atoms with Gasteiger partial charge in [-0.15, -0.1) is 22.7 Å². The van der Waals surface area contributed by atoms with Crippen LogP contribution in [0.5, 0.6) is 0 Å². The number of methoxy groups -OCH3 is 2. The molecule has 11 heteroatoms. The molecule has 0 saturated heterocycles. The van der Waals surface area contributed by atoms with E-state index in [-0.39, 0.29) is 25.7 Å². The Bertz CT molecular complexity index is 1850. The standard InChI is InChI=1S/C33H31BF2N2O4S2/c1-20-23(14-16-27(39)41-3)32-29(22-10-6-5-7-11-22)33-24(15-17-28(40)42-4)21(2)31(26-13-9-19-44-26)38(33)34(35,36)37(32)30(20)25-12-8-18-43-25/h5-13,18-19H,14-17H2,1-4H3. The predicted octanol–water partition coefficient (Wildman–Crippen LogP) is 7.47. The van der Waals surface area contributed by atoms with E-state index in [1.165, 1.54) is 45.9 Å². The van der Waals surface area contributed by atoms with Crippen LogP contribution in [0.1, 0.15) is 53.4 Å². The molecule has 44 heavy (non-hydrogen) atoms. The Morgan fingerprint density at radius 3 is 2.05 bits per heavy atom. The summed E-state index contributed by atoms with van der Waals surface area (Å²) in [6.45, 7) is -0.726. The first-order valence-corrected chi connectivity index (χ1v) is 16.1. The average Bonchev–Trinajstić information content (AvgIpc) is 3.83. The van der Waals surface area contributed by atoms with E-state index in [0.717, 1.165) is 15.3 Å². The number of hydrogen-bond acceptors (Lipinski definition) is 6. The van der Waals surface area contributed by atoms with Crippen LogP contribution < -0.4 is 0 Å². The first-order valence-electron chi connectivity index (χ1n) is 14.3. The van der Waals surface area contributed by atoms with Crippen LogP contribution in [0.25, 0.3) is 16.1 Å². The molecule has 5 heterocycles. The molecule has 6 nitrogen and oxygen atoms in total. The molecule has 3 aromatic heterocycles. The van der Waals surface area contributed by atoms with Gasteiger partial charge in [-0.2, -0.15) is 0 Å². The van der Waals surface area contributed by atoms with Gasteiger partial charge in [-0.25, -0.2) is 0 Å². The fourth-order valence-electron chi connectivity index (χ4n) is 6.49. The van der Waals surface area contributed by atoms with Gasteiger partial charge >= 0.3 is 18.9 Å². The van der Waals surface area contributed by atoms with Crippen LogP contribution in [0, 0.1) is 6.92 Å². The van der Waals surface area contributed by atoms with Crippen LogP contribution in [0.2, 0.25) is 0 Å². The normalized spacial score (nSPS) is 15.5. The maximum absolute atomic E-state index is 17.7. The van der Waals surface area contributed by atoms with Gasteiger partial charge in [0.25, 0.3) is 0 Å². The zero-order valence-corrected chi connectivity index (χ0v) is 26.5. The fourth-order valence-corrected chi connectivity index (χ4v) is 8.14. The lowest BCUT2D eigenvalue weighted by Crippen LogP contribution is -2.52. The number of carbonyl (C=O) groups is 2. The molecule has 4 aromatic rings. The molecule has 2 aliphatic rings. The highest BCUT2D eigenvalue weighted by Gasteiger charge is 2.58. The molecule has 2 aliphatic heterocycles. The molecule has 0 radical (unpaired) electrons. The maximum atomic E-state index is 17.7. The highest BCUT2D eigenvalue weighted by molar-refractivity contribution is 7.13. The molecule has 0 aliphatic carbocycles. The van der Waals surface area contributed by atoms with E-state index in [2.05, 4.69) is 0 Å². The molecule has 0 fully saturated rings. The number of benzene rings is 1. The first kappa shape index (κ1) is 30.0. The Morgan fingerprint density at radius 1 is 0.841 bits per heavy atom. The van der Waals surface area contributed by atoms with Gasteiger partial charge in [0.1, 0.15) is 0 Å². The molecule has 0 N–H and O–H groups in total. The number of esters is 2. The summed E-state index contributed by atoms with van der Waals surface area (Å²) in [6.07, 6.45) is 0.566. The van der Waals surface area contributed by atoms with Crippen molar-refractivity contribution in [1.29, 1.82) is 0 Å². The van der Waals surface area contributed by atoms with Gasteiger partial charge in [0.05, 0.1) is 24.7 Å². The molecule has 0 amide bonds. The van der Waals surface area contributed by atoms with E-state index in [0.29, 0.717) is 50.6 Å². The van der Waals surface area contributed by atoms with Crippen molar-refractivity contribution in [1.82, 2.24) is 4.48 Å². The molecule has 0 bridgehead atoms. The topological polar surface area (TPSA) is 60.5 Å². The lowest BCUT2D eigenvalue weighted by Gasteiger charge is -2.34. The largest absolute Gasteiger partial charge is 0.738 e. The Kier molecular flexibility index (Phi) is 8.02. The van der Waals surface area contributed by atoms with E-state index in [1.807, 2.05) is 79.2 Å². The van der Waals surface area contributed by atoms with Crippen LogP contribution in [-0.2, 0) is 25.5 Å². The molecule has 6 rings (SSSR count). The summed E-state index contributed by atoms with van der Waals surface area (Å²) in [6, 6.07) is 17.0. The average molecular weight is 633 g/mol. The molecule has 0 saturated carbocycles. The Balaban J connectivity index is 1.77. The van der Waals surface area contributed by atoms with E-state index < -0.39 is 18.9 Å². The van der Waals surface area contributed by atoms with Crippen molar-refractivity contribution in [3.8, 4) is 10.6 Å². The second kappa shape index (κ2) is 11.8. The van der Waals surface area contributed by atoms with Crippen molar-refractivity contribution < 1.29 is 32.2 Å². The van der Waals surface area contributed by atoms with Crippen molar-refractivity contribution >= 4 is 52.9 Å². The van der Waals surface area contributed by atoms with Gasteiger partial charge < -0.3 is 27.1 Å². The number of nitrogens with zero attached hydrogens (tertiary/aromatic N) is 2. The van der Waals surface area contributed by atoms with Gasteiger partial charge in [0, 0.05) is 40.3 Å². The summed E-state index contributed by atoms with van der Waals surface area (Å²) in [5.74, 6) is -0.816. The summed E-state index contributed by atoms with van der Waals surface area (Å²) in [5, 5.41) is 3.76. The van der Waals surface area contributed by atoms with Crippen molar-refractivity contribution in [2.75, 3.05) is 14.2 Å². The zero-order chi connectivity index (χ0) is 31.2. The third kappa shape index (κ3) is 4.78. The number of ether oxygens (including phenoxy) is 2. The van der Waals surface area contributed by atoms with Crippen LogP contribution in [0.15, 0.2) is 82.2 Å². The van der Waals surface area contributed by atoms with Gasteiger partial charge in [-0.1, -0.05) is 42.5 Å². The van der Waals surface area contributed by atoms with E-state index >= 15 is 8.63 Å². The van der Waals surface area contributed by atoms with E-state index in [4.69, 9.17) is 9.47 Å². The molecule has 226 valence electrons. The zero-order valence-electron chi connectivity index (χ0n) is 24.9. The Hall–Kier alpha value is -4.09. The number of thiophene rings is 2. The molecule has 0 spiro atoms. The van der Waals surface area contributed by atoms with Crippen LogP contribution in [0.4, 0.5) is 8.63 Å². The minimum absolute atomic E-state index is 0.0502. The minimum Gasteiger partial charge on any atom is -0.469 e. The summed E-state index contributed by atoms with van der Waals surface area (Å²) in [4.78, 5) is 26.2. The van der Waals surface area contributed by atoms with Crippen LogP contribution >= 0.6 is 22.7 Å². The molecule has 0 atom stereocenters. The highest BCUT2D eigenvalue weighted by atomic mass is 32.1. The number of carbonyl (C=O) groups excluding carboxylic acids is 2. The minimum atomic E-state index is -4.45. The van der Waals surface area contributed by atoms with Crippen molar-refractivity contribution in [3.63, 3.8) is 0 Å². The summed E-state index contributed by atoms with van der Waals surface area (Å²) >= 11 is 2.81. The second-order valence-electron chi connectivity index (χ2n) is 10.8. The number of rotatable bonds is 9. The molecular formula is C33H31BF2N2O4S2. The number of fused-ring (bicyclic) bond motifs is 2. The number of halogens is 2. The number of hydrogen-bond donors (Lipinski definition) is 0. The lowest BCUT2D eigenvalue weighted by molar-refractivity contribution is -0.362. The Labute approximate surface area is 262 Å².